The quantitative estimate of drug-likeness (QED) is 0.774. The molecule has 0 saturated heterocycles. The summed E-state index contributed by atoms with van der Waals surface area (Å²) >= 11 is 5.99. The Hall–Kier alpha value is -1.03. The average Bonchev–Trinajstić information content (AvgIpc) is 2.80. The highest BCUT2D eigenvalue weighted by Crippen LogP contribution is 2.27. The van der Waals surface area contributed by atoms with Gasteiger partial charge in [-0.05, 0) is 44.2 Å². The van der Waals surface area contributed by atoms with Crippen molar-refractivity contribution >= 4 is 22.6 Å². The van der Waals surface area contributed by atoms with E-state index in [0.29, 0.717) is 0 Å². The Morgan fingerprint density at radius 2 is 2.16 bits per heavy atom. The van der Waals surface area contributed by atoms with Gasteiger partial charge in [-0.15, -0.1) is 0 Å². The van der Waals surface area contributed by atoms with Gasteiger partial charge in [0.15, 0.2) is 0 Å². The summed E-state index contributed by atoms with van der Waals surface area (Å²) in [7, 11) is 0. The van der Waals surface area contributed by atoms with Crippen LogP contribution < -0.4 is 5.32 Å². The van der Waals surface area contributed by atoms with Crippen LogP contribution in [0.25, 0.3) is 11.0 Å². The highest BCUT2D eigenvalue weighted by Gasteiger charge is 2.15. The van der Waals surface area contributed by atoms with Crippen LogP contribution in [0.2, 0.25) is 5.02 Å². The highest BCUT2D eigenvalue weighted by molar-refractivity contribution is 6.31. The summed E-state index contributed by atoms with van der Waals surface area (Å²) in [6.45, 7) is 6.47. The predicted octanol–water partition coefficient (Wildman–Crippen LogP) is 4.16. The molecule has 2 aromatic rings. The number of rotatable bonds is 7. The molecule has 104 valence electrons. The minimum Gasteiger partial charge on any atom is -0.459 e. The van der Waals surface area contributed by atoms with E-state index in [9.17, 15) is 0 Å². The fraction of sp³-hybridized carbons (Fsp3) is 0.467. The van der Waals surface area contributed by atoms with Crippen LogP contribution in [-0.4, -0.2) is 19.8 Å². The number of hydrogen-bond donors (Lipinski definition) is 1. The minimum atomic E-state index is 0.183. The lowest BCUT2D eigenvalue weighted by Crippen LogP contribution is -2.21. The second-order valence-electron chi connectivity index (χ2n) is 4.43. The van der Waals surface area contributed by atoms with Crippen molar-refractivity contribution in [3.8, 4) is 0 Å². The van der Waals surface area contributed by atoms with Crippen molar-refractivity contribution in [1.29, 1.82) is 0 Å². The molecule has 0 radical (unpaired) electrons. The summed E-state index contributed by atoms with van der Waals surface area (Å²) in [6, 6.07) is 7.92. The number of furan rings is 1. The van der Waals surface area contributed by atoms with Crippen molar-refractivity contribution in [3.05, 3.63) is 35.0 Å². The van der Waals surface area contributed by atoms with E-state index in [2.05, 4.69) is 18.3 Å². The van der Waals surface area contributed by atoms with Crippen LogP contribution in [0.4, 0.5) is 0 Å². The fourth-order valence-electron chi connectivity index (χ4n) is 2.14. The van der Waals surface area contributed by atoms with Gasteiger partial charge >= 0.3 is 0 Å². The molecule has 1 aromatic carbocycles. The smallest absolute Gasteiger partial charge is 0.134 e. The van der Waals surface area contributed by atoms with Gasteiger partial charge in [0.25, 0.3) is 0 Å². The van der Waals surface area contributed by atoms with Crippen LogP contribution in [0.15, 0.2) is 28.7 Å². The molecule has 1 unspecified atom stereocenters. The number of hydrogen-bond acceptors (Lipinski definition) is 3. The Labute approximate surface area is 118 Å². The summed E-state index contributed by atoms with van der Waals surface area (Å²) in [6.07, 6.45) is 0.898. The molecule has 0 spiro atoms. The highest BCUT2D eigenvalue weighted by atomic mass is 35.5. The Morgan fingerprint density at radius 1 is 1.32 bits per heavy atom. The minimum absolute atomic E-state index is 0.183. The molecule has 1 atom stereocenters. The van der Waals surface area contributed by atoms with E-state index in [1.54, 1.807) is 0 Å². The van der Waals surface area contributed by atoms with Crippen LogP contribution in [0.1, 0.15) is 32.1 Å². The third-order valence-electron chi connectivity index (χ3n) is 3.05. The van der Waals surface area contributed by atoms with E-state index in [1.807, 2.05) is 25.1 Å². The maximum atomic E-state index is 5.99. The van der Waals surface area contributed by atoms with Gasteiger partial charge in [0.1, 0.15) is 11.3 Å². The third kappa shape index (κ3) is 3.72. The molecule has 0 aliphatic rings. The Balaban J connectivity index is 2.17. The van der Waals surface area contributed by atoms with Crippen LogP contribution in [0, 0.1) is 0 Å². The van der Waals surface area contributed by atoms with Gasteiger partial charge in [0.05, 0.1) is 6.04 Å². The van der Waals surface area contributed by atoms with Gasteiger partial charge in [-0.3, -0.25) is 0 Å². The molecular formula is C15H20ClNO2. The first-order valence-electron chi connectivity index (χ1n) is 6.74. The SMILES string of the molecule is CCNC(CCOCC)c1cc2cc(Cl)ccc2o1. The first-order valence-corrected chi connectivity index (χ1v) is 7.12. The summed E-state index contributed by atoms with van der Waals surface area (Å²) < 4.78 is 11.3. The predicted molar refractivity (Wildman–Crippen MR) is 78.8 cm³/mol. The molecule has 0 fully saturated rings. The van der Waals surface area contributed by atoms with Gasteiger partial charge in [0.2, 0.25) is 0 Å². The molecule has 0 amide bonds. The summed E-state index contributed by atoms with van der Waals surface area (Å²) in [5, 5.41) is 5.20. The molecular weight excluding hydrogens is 262 g/mol. The monoisotopic (exact) mass is 281 g/mol. The molecule has 3 nitrogen and oxygen atoms in total. The molecule has 0 aliphatic heterocycles. The van der Waals surface area contributed by atoms with Gasteiger partial charge in [0, 0.05) is 23.6 Å². The Bertz CT molecular complexity index is 524. The molecule has 0 saturated carbocycles. The number of benzene rings is 1. The van der Waals surface area contributed by atoms with Gasteiger partial charge in [-0.25, -0.2) is 0 Å². The molecule has 0 bridgehead atoms. The topological polar surface area (TPSA) is 34.4 Å². The molecule has 2 rings (SSSR count). The summed E-state index contributed by atoms with van der Waals surface area (Å²) in [4.78, 5) is 0. The van der Waals surface area contributed by atoms with E-state index < -0.39 is 0 Å². The standard InChI is InChI=1S/C15H20ClNO2/c1-3-17-13(7-8-18-4-2)15-10-11-9-12(16)5-6-14(11)19-15/h5-6,9-10,13,17H,3-4,7-8H2,1-2H3. The average molecular weight is 282 g/mol. The molecule has 1 heterocycles. The second kappa shape index (κ2) is 6.94. The van der Waals surface area contributed by atoms with Crippen molar-refractivity contribution in [2.24, 2.45) is 0 Å². The van der Waals surface area contributed by atoms with Crippen molar-refractivity contribution in [2.75, 3.05) is 19.8 Å². The summed E-state index contributed by atoms with van der Waals surface area (Å²) in [5.74, 6) is 0.943. The maximum absolute atomic E-state index is 5.99. The zero-order valence-corrected chi connectivity index (χ0v) is 12.2. The molecule has 19 heavy (non-hydrogen) atoms. The lowest BCUT2D eigenvalue weighted by Gasteiger charge is -2.15. The lowest BCUT2D eigenvalue weighted by atomic mass is 10.1. The first-order chi connectivity index (χ1) is 9.24. The first kappa shape index (κ1) is 14.4. The van der Waals surface area contributed by atoms with E-state index in [-0.39, 0.29) is 6.04 Å². The van der Waals surface area contributed by atoms with Gasteiger partial charge < -0.3 is 14.5 Å². The number of ether oxygens (including phenoxy) is 1. The van der Waals surface area contributed by atoms with Crippen molar-refractivity contribution < 1.29 is 9.15 Å². The normalized spacial score (nSPS) is 13.0. The van der Waals surface area contributed by atoms with Crippen LogP contribution in [0.5, 0.6) is 0 Å². The zero-order valence-electron chi connectivity index (χ0n) is 11.4. The third-order valence-corrected chi connectivity index (χ3v) is 3.28. The maximum Gasteiger partial charge on any atom is 0.134 e. The van der Waals surface area contributed by atoms with Crippen molar-refractivity contribution in [1.82, 2.24) is 5.32 Å². The number of halogens is 1. The van der Waals surface area contributed by atoms with Crippen LogP contribution in [-0.2, 0) is 4.74 Å². The second-order valence-corrected chi connectivity index (χ2v) is 4.86. The molecule has 1 N–H and O–H groups in total. The van der Waals surface area contributed by atoms with E-state index in [0.717, 1.165) is 47.9 Å². The molecule has 1 aromatic heterocycles. The van der Waals surface area contributed by atoms with Gasteiger partial charge in [-0.1, -0.05) is 18.5 Å². The van der Waals surface area contributed by atoms with Crippen molar-refractivity contribution in [2.45, 2.75) is 26.3 Å². The Kier molecular flexibility index (Phi) is 5.25. The largest absolute Gasteiger partial charge is 0.459 e. The Morgan fingerprint density at radius 3 is 2.89 bits per heavy atom. The van der Waals surface area contributed by atoms with Crippen molar-refractivity contribution in [3.63, 3.8) is 0 Å². The van der Waals surface area contributed by atoms with E-state index in [4.69, 9.17) is 20.8 Å². The molecule has 0 aliphatic carbocycles. The zero-order chi connectivity index (χ0) is 13.7. The number of nitrogens with one attached hydrogen (secondary N) is 1. The van der Waals surface area contributed by atoms with E-state index >= 15 is 0 Å². The molecule has 4 heteroatoms. The van der Waals surface area contributed by atoms with Crippen LogP contribution >= 0.6 is 11.6 Å². The fourth-order valence-corrected chi connectivity index (χ4v) is 2.32. The lowest BCUT2D eigenvalue weighted by molar-refractivity contribution is 0.134. The summed E-state index contributed by atoms with van der Waals surface area (Å²) in [5.41, 5.74) is 0.874. The van der Waals surface area contributed by atoms with Gasteiger partial charge in [-0.2, -0.15) is 0 Å². The van der Waals surface area contributed by atoms with Crippen LogP contribution in [0.3, 0.4) is 0 Å². The van der Waals surface area contributed by atoms with E-state index in [1.165, 1.54) is 0 Å². The number of fused-ring (bicyclic) bond motifs is 1.